The molecule has 2 atom stereocenters. The van der Waals surface area contributed by atoms with Crippen LogP contribution in [0.2, 0.25) is 0 Å². The lowest BCUT2D eigenvalue weighted by molar-refractivity contribution is -0.123. The first-order valence-corrected chi connectivity index (χ1v) is 5.31. The highest BCUT2D eigenvalue weighted by Gasteiger charge is 2.15. The highest BCUT2D eigenvalue weighted by atomic mass is 16.2. The van der Waals surface area contributed by atoms with Crippen LogP contribution in [-0.4, -0.2) is 23.9 Å². The Morgan fingerprint density at radius 2 is 2.00 bits per heavy atom. The first-order chi connectivity index (χ1) is 6.97. The van der Waals surface area contributed by atoms with Crippen molar-refractivity contribution in [3.05, 3.63) is 0 Å². The molecule has 0 aromatic rings. The Kier molecular flexibility index (Phi) is 6.70. The Morgan fingerprint density at radius 3 is 2.47 bits per heavy atom. The van der Waals surface area contributed by atoms with Crippen LogP contribution in [-0.2, 0) is 9.59 Å². The van der Waals surface area contributed by atoms with Crippen molar-refractivity contribution in [2.45, 2.75) is 51.6 Å². The third kappa shape index (κ3) is 6.90. The predicted molar refractivity (Wildman–Crippen MR) is 58.9 cm³/mol. The number of hydrogen-bond donors (Lipinski definition) is 3. The van der Waals surface area contributed by atoms with Gasteiger partial charge in [-0.15, -0.1) is 0 Å². The summed E-state index contributed by atoms with van der Waals surface area (Å²) in [4.78, 5) is 22.0. The molecule has 0 spiro atoms. The van der Waals surface area contributed by atoms with Gasteiger partial charge in [-0.05, 0) is 13.3 Å². The van der Waals surface area contributed by atoms with Crippen LogP contribution in [0.15, 0.2) is 0 Å². The lowest BCUT2D eigenvalue weighted by Crippen LogP contribution is -2.45. The van der Waals surface area contributed by atoms with Gasteiger partial charge in [0.15, 0.2) is 0 Å². The molecule has 0 aromatic carbocycles. The molecular weight excluding hydrogens is 194 g/mol. The Morgan fingerprint density at radius 1 is 1.40 bits per heavy atom. The molecule has 0 fully saturated rings. The largest absolute Gasteiger partial charge is 0.370 e. The van der Waals surface area contributed by atoms with Crippen molar-refractivity contribution in [3.63, 3.8) is 0 Å². The Bertz CT molecular complexity index is 219. The summed E-state index contributed by atoms with van der Waals surface area (Å²) in [6.07, 6.45) is 2.76. The average Bonchev–Trinajstić information content (AvgIpc) is 2.12. The lowest BCUT2D eigenvalue weighted by atomic mass is 10.1. The van der Waals surface area contributed by atoms with E-state index >= 15 is 0 Å². The lowest BCUT2D eigenvalue weighted by Gasteiger charge is -2.16. The van der Waals surface area contributed by atoms with Crippen molar-refractivity contribution in [2.24, 2.45) is 11.5 Å². The van der Waals surface area contributed by atoms with Crippen LogP contribution in [0.25, 0.3) is 0 Å². The molecule has 5 nitrogen and oxygen atoms in total. The van der Waals surface area contributed by atoms with E-state index in [2.05, 4.69) is 5.32 Å². The van der Waals surface area contributed by atoms with Crippen molar-refractivity contribution in [3.8, 4) is 0 Å². The number of rotatable bonds is 7. The number of carbonyl (C=O) groups is 2. The standard InChI is InChI=1S/C10H21N3O2/c1-3-4-5-8(11)10(15)13-7(2)6-9(12)14/h7-8H,3-6,11H2,1-2H3,(H2,12,14)(H,13,15). The molecular formula is C10H21N3O2. The maximum Gasteiger partial charge on any atom is 0.237 e. The third-order valence-electron chi connectivity index (χ3n) is 2.10. The van der Waals surface area contributed by atoms with Crippen LogP contribution in [0.1, 0.15) is 39.5 Å². The van der Waals surface area contributed by atoms with Crippen LogP contribution >= 0.6 is 0 Å². The molecule has 15 heavy (non-hydrogen) atoms. The summed E-state index contributed by atoms with van der Waals surface area (Å²) in [6.45, 7) is 3.77. The molecule has 0 aliphatic heterocycles. The number of primary amides is 1. The normalized spacial score (nSPS) is 14.3. The molecule has 88 valence electrons. The van der Waals surface area contributed by atoms with Gasteiger partial charge in [0.2, 0.25) is 11.8 Å². The van der Waals surface area contributed by atoms with E-state index in [1.165, 1.54) is 0 Å². The van der Waals surface area contributed by atoms with Gasteiger partial charge >= 0.3 is 0 Å². The minimum Gasteiger partial charge on any atom is -0.370 e. The summed E-state index contributed by atoms with van der Waals surface area (Å²) in [5.41, 5.74) is 10.7. The van der Waals surface area contributed by atoms with Crippen molar-refractivity contribution < 1.29 is 9.59 Å². The van der Waals surface area contributed by atoms with Crippen LogP contribution in [0, 0.1) is 0 Å². The number of amides is 2. The Balaban J connectivity index is 3.85. The minimum absolute atomic E-state index is 0.145. The third-order valence-corrected chi connectivity index (χ3v) is 2.10. The zero-order chi connectivity index (χ0) is 11.8. The first-order valence-electron chi connectivity index (χ1n) is 5.31. The van der Waals surface area contributed by atoms with Crippen molar-refractivity contribution in [1.29, 1.82) is 0 Å². The van der Waals surface area contributed by atoms with Crippen LogP contribution in [0.5, 0.6) is 0 Å². The SMILES string of the molecule is CCCCC(N)C(=O)NC(C)CC(N)=O. The molecule has 0 radical (unpaired) electrons. The van der Waals surface area contributed by atoms with Crippen molar-refractivity contribution in [2.75, 3.05) is 0 Å². The molecule has 0 heterocycles. The second-order valence-corrected chi connectivity index (χ2v) is 3.83. The van der Waals surface area contributed by atoms with E-state index < -0.39 is 11.9 Å². The van der Waals surface area contributed by atoms with E-state index in [1.54, 1.807) is 6.92 Å². The molecule has 0 aromatic heterocycles. The maximum atomic E-state index is 11.5. The van der Waals surface area contributed by atoms with Crippen LogP contribution < -0.4 is 16.8 Å². The monoisotopic (exact) mass is 215 g/mol. The van der Waals surface area contributed by atoms with Gasteiger partial charge in [0.25, 0.3) is 0 Å². The number of nitrogens with two attached hydrogens (primary N) is 2. The van der Waals surface area contributed by atoms with E-state index in [-0.39, 0.29) is 18.4 Å². The fourth-order valence-corrected chi connectivity index (χ4v) is 1.26. The summed E-state index contributed by atoms with van der Waals surface area (Å²) >= 11 is 0. The molecule has 5 N–H and O–H groups in total. The topological polar surface area (TPSA) is 98.2 Å². The quantitative estimate of drug-likeness (QED) is 0.552. The fraction of sp³-hybridized carbons (Fsp3) is 0.800. The van der Waals surface area contributed by atoms with Gasteiger partial charge in [0.05, 0.1) is 6.04 Å². The average molecular weight is 215 g/mol. The minimum atomic E-state index is -0.486. The first kappa shape index (κ1) is 13.9. The summed E-state index contributed by atoms with van der Waals surface area (Å²) in [5.74, 6) is -0.637. The maximum absolute atomic E-state index is 11.5. The Labute approximate surface area is 90.6 Å². The van der Waals surface area contributed by atoms with Gasteiger partial charge in [-0.1, -0.05) is 19.8 Å². The van der Waals surface area contributed by atoms with E-state index in [0.29, 0.717) is 6.42 Å². The summed E-state index contributed by atoms with van der Waals surface area (Å²) < 4.78 is 0. The summed E-state index contributed by atoms with van der Waals surface area (Å²) in [5, 5.41) is 2.66. The fourth-order valence-electron chi connectivity index (χ4n) is 1.26. The number of hydrogen-bond acceptors (Lipinski definition) is 3. The number of nitrogens with one attached hydrogen (secondary N) is 1. The number of carbonyl (C=O) groups excluding carboxylic acids is 2. The van der Waals surface area contributed by atoms with E-state index in [4.69, 9.17) is 11.5 Å². The predicted octanol–water partition coefficient (Wildman–Crippen LogP) is -0.116. The van der Waals surface area contributed by atoms with Crippen LogP contribution in [0.4, 0.5) is 0 Å². The van der Waals surface area contributed by atoms with Gasteiger partial charge in [-0.3, -0.25) is 9.59 Å². The van der Waals surface area contributed by atoms with E-state index in [1.807, 2.05) is 6.92 Å². The second kappa shape index (κ2) is 7.23. The van der Waals surface area contributed by atoms with Gasteiger partial charge in [-0.25, -0.2) is 0 Å². The molecule has 0 rings (SSSR count). The highest BCUT2D eigenvalue weighted by molar-refractivity contribution is 5.82. The Hall–Kier alpha value is -1.10. The van der Waals surface area contributed by atoms with E-state index in [9.17, 15) is 9.59 Å². The molecule has 2 unspecified atom stereocenters. The van der Waals surface area contributed by atoms with Crippen LogP contribution in [0.3, 0.4) is 0 Å². The molecule has 0 aliphatic carbocycles. The van der Waals surface area contributed by atoms with Gasteiger partial charge in [0, 0.05) is 12.5 Å². The summed E-state index contributed by atoms with van der Waals surface area (Å²) in [6, 6.07) is -0.733. The van der Waals surface area contributed by atoms with Crippen molar-refractivity contribution >= 4 is 11.8 Å². The highest BCUT2D eigenvalue weighted by Crippen LogP contribution is 1.99. The van der Waals surface area contributed by atoms with E-state index in [0.717, 1.165) is 12.8 Å². The molecule has 5 heteroatoms. The zero-order valence-corrected chi connectivity index (χ0v) is 9.45. The zero-order valence-electron chi connectivity index (χ0n) is 9.45. The second-order valence-electron chi connectivity index (χ2n) is 3.83. The molecule has 0 saturated heterocycles. The molecule has 0 saturated carbocycles. The molecule has 0 bridgehead atoms. The van der Waals surface area contributed by atoms with Gasteiger partial charge in [0.1, 0.15) is 0 Å². The summed E-state index contributed by atoms with van der Waals surface area (Å²) in [7, 11) is 0. The van der Waals surface area contributed by atoms with Crippen molar-refractivity contribution in [1.82, 2.24) is 5.32 Å². The van der Waals surface area contributed by atoms with Gasteiger partial charge in [-0.2, -0.15) is 0 Å². The molecule has 2 amide bonds. The van der Waals surface area contributed by atoms with Gasteiger partial charge < -0.3 is 16.8 Å². The number of unbranched alkanes of at least 4 members (excludes halogenated alkanes) is 1. The molecule has 0 aliphatic rings. The smallest absolute Gasteiger partial charge is 0.237 e.